The van der Waals surface area contributed by atoms with Crippen LogP contribution in [0, 0.1) is 5.92 Å². The molecule has 0 amide bonds. The Bertz CT molecular complexity index is 122. The zero-order chi connectivity index (χ0) is 9.40. The maximum absolute atomic E-state index is 8.29. The summed E-state index contributed by atoms with van der Waals surface area (Å²) in [6, 6.07) is 0. The van der Waals surface area contributed by atoms with Gasteiger partial charge in [0.2, 0.25) is 0 Å². The number of hydrogen-bond donors (Lipinski definition) is 1. The van der Waals surface area contributed by atoms with E-state index in [9.17, 15) is 0 Å². The van der Waals surface area contributed by atoms with E-state index in [1.165, 1.54) is 0 Å². The first kappa shape index (κ1) is 12.0. The zero-order valence-corrected chi connectivity index (χ0v) is 8.13. The molecule has 0 rings (SSSR count). The summed E-state index contributed by atoms with van der Waals surface area (Å²) >= 11 is 5.73. The van der Waals surface area contributed by atoms with E-state index in [4.69, 9.17) is 16.6 Å². The van der Waals surface area contributed by atoms with Crippen LogP contribution < -0.4 is 0 Å². The maximum atomic E-state index is 8.29. The highest BCUT2D eigenvalue weighted by atomic mass is 35.5. The molecule has 0 aromatic heterocycles. The van der Waals surface area contributed by atoms with Crippen LogP contribution in [-0.2, 0) is 4.65 Å². The molecular weight excluding hydrogens is 174 g/mol. The van der Waals surface area contributed by atoms with Gasteiger partial charge in [0.15, 0.2) is 0 Å². The van der Waals surface area contributed by atoms with Gasteiger partial charge in [-0.25, -0.2) is 0 Å². The lowest BCUT2D eigenvalue weighted by atomic mass is 10.0. The van der Waals surface area contributed by atoms with Crippen molar-refractivity contribution >= 4 is 19.3 Å². The summed E-state index contributed by atoms with van der Waals surface area (Å²) in [7, 11) is 0.629. The summed E-state index contributed by atoms with van der Waals surface area (Å²) in [6.45, 7) is 5.82. The predicted octanol–water partition coefficient (Wildman–Crippen LogP) is 2.09. The minimum absolute atomic E-state index is 0.373. The third-order valence-corrected chi connectivity index (χ3v) is 1.97. The van der Waals surface area contributed by atoms with Crippen LogP contribution in [0.15, 0.2) is 12.7 Å². The second-order valence-electron chi connectivity index (χ2n) is 2.67. The molecule has 69 valence electrons. The normalized spacial score (nSPS) is 15.2. The second-order valence-corrected chi connectivity index (χ2v) is 3.16. The smallest absolute Gasteiger partial charge is 0.429 e. The van der Waals surface area contributed by atoms with Crippen LogP contribution in [0.2, 0.25) is 0 Å². The molecule has 2 nitrogen and oxygen atoms in total. The van der Waals surface area contributed by atoms with Gasteiger partial charge in [0.05, 0.1) is 0 Å². The Kier molecular flexibility index (Phi) is 7.66. The maximum Gasteiger partial charge on any atom is 0.486 e. The molecule has 0 heterocycles. The topological polar surface area (TPSA) is 29.5 Å². The highest BCUT2D eigenvalue weighted by molar-refractivity contribution is 6.23. The molecule has 0 aliphatic rings. The Balaban J connectivity index is 3.60. The first-order chi connectivity index (χ1) is 5.74. The summed E-state index contributed by atoms with van der Waals surface area (Å²) in [5.74, 6) is 0.373. The van der Waals surface area contributed by atoms with Crippen LogP contribution in [0.25, 0.3) is 0 Å². The highest BCUT2D eigenvalue weighted by Crippen LogP contribution is 2.18. The van der Waals surface area contributed by atoms with Crippen molar-refractivity contribution in [2.75, 3.05) is 0 Å². The van der Waals surface area contributed by atoms with Crippen molar-refractivity contribution in [3.63, 3.8) is 0 Å². The van der Waals surface area contributed by atoms with Crippen molar-refractivity contribution in [1.82, 2.24) is 0 Å². The fraction of sp³-hybridized carbons (Fsp3) is 0.750. The molecule has 0 aromatic carbocycles. The Labute approximate surface area is 79.9 Å². The highest BCUT2D eigenvalue weighted by Gasteiger charge is 2.11. The molecule has 0 bridgehead atoms. The molecule has 1 radical (unpaired) electrons. The van der Waals surface area contributed by atoms with E-state index < -0.39 is 5.56 Å². The van der Waals surface area contributed by atoms with Gasteiger partial charge in [-0.15, -0.1) is 6.58 Å². The Hall–Kier alpha value is 0.0149. The summed E-state index contributed by atoms with van der Waals surface area (Å²) in [4.78, 5) is 0. The average Bonchev–Trinajstić information content (AvgIpc) is 2.04. The van der Waals surface area contributed by atoms with E-state index in [1.54, 1.807) is 0 Å². The van der Waals surface area contributed by atoms with E-state index in [1.807, 2.05) is 6.08 Å². The van der Waals surface area contributed by atoms with Gasteiger partial charge >= 0.3 is 7.69 Å². The lowest BCUT2D eigenvalue weighted by molar-refractivity contribution is 0.227. The van der Waals surface area contributed by atoms with E-state index in [0.717, 1.165) is 12.8 Å². The second kappa shape index (κ2) is 7.65. The monoisotopic (exact) mass is 189 g/mol. The molecule has 0 aliphatic heterocycles. The van der Waals surface area contributed by atoms with Crippen molar-refractivity contribution < 1.29 is 9.68 Å². The number of alkyl halides is 1. The number of allylic oxidation sites excluding steroid dienone is 1. The molecule has 0 fully saturated rings. The van der Waals surface area contributed by atoms with E-state index in [2.05, 4.69) is 18.2 Å². The van der Waals surface area contributed by atoms with Crippen LogP contribution in [0.1, 0.15) is 26.2 Å². The molecule has 0 aliphatic carbocycles. The predicted molar refractivity (Wildman–Crippen MR) is 51.9 cm³/mol. The minimum Gasteiger partial charge on any atom is -0.429 e. The molecule has 1 N–H and O–H groups in total. The fourth-order valence-electron chi connectivity index (χ4n) is 1.06. The van der Waals surface area contributed by atoms with Gasteiger partial charge in [-0.2, -0.15) is 0 Å². The zero-order valence-electron chi connectivity index (χ0n) is 7.37. The fourth-order valence-corrected chi connectivity index (χ4v) is 1.34. The Morgan fingerprint density at radius 1 is 1.75 bits per heavy atom. The van der Waals surface area contributed by atoms with Crippen molar-refractivity contribution in [3.8, 4) is 0 Å². The summed E-state index contributed by atoms with van der Waals surface area (Å²) in [6.07, 6.45) is 4.72. The Morgan fingerprint density at radius 3 is 2.83 bits per heavy atom. The van der Waals surface area contributed by atoms with Gasteiger partial charge in [0, 0.05) is 0 Å². The van der Waals surface area contributed by atoms with Gasteiger partial charge in [-0.1, -0.05) is 31.0 Å². The van der Waals surface area contributed by atoms with Gasteiger partial charge in [-0.3, -0.25) is 0 Å². The Morgan fingerprint density at radius 2 is 2.42 bits per heavy atom. The van der Waals surface area contributed by atoms with Crippen molar-refractivity contribution in [3.05, 3.63) is 12.7 Å². The molecule has 0 saturated carbocycles. The molecule has 0 saturated heterocycles. The molecule has 12 heavy (non-hydrogen) atoms. The first-order valence-electron chi connectivity index (χ1n) is 4.12. The van der Waals surface area contributed by atoms with Crippen molar-refractivity contribution in [2.45, 2.75) is 31.7 Å². The van der Waals surface area contributed by atoms with E-state index in [0.29, 0.717) is 20.0 Å². The summed E-state index contributed by atoms with van der Waals surface area (Å²) in [5.41, 5.74) is -0.454. The van der Waals surface area contributed by atoms with Crippen molar-refractivity contribution in [1.29, 1.82) is 0 Å². The quantitative estimate of drug-likeness (QED) is 0.377. The van der Waals surface area contributed by atoms with Crippen LogP contribution in [0.5, 0.6) is 0 Å². The van der Waals surface area contributed by atoms with E-state index >= 15 is 0 Å². The van der Waals surface area contributed by atoms with Crippen LogP contribution >= 0.6 is 11.6 Å². The van der Waals surface area contributed by atoms with Gasteiger partial charge < -0.3 is 9.68 Å². The largest absolute Gasteiger partial charge is 0.486 e. The lowest BCUT2D eigenvalue weighted by Crippen LogP contribution is -2.13. The molecule has 4 heteroatoms. The molecule has 0 aromatic rings. The third kappa shape index (κ3) is 5.64. The minimum atomic E-state index is -0.454. The summed E-state index contributed by atoms with van der Waals surface area (Å²) < 4.78 is 4.67. The standard InChI is InChI=1S/C8H15BClO2/c1-3-5-7(4-2)6-8(10)12-9-11/h4,7-8,11H,2-3,5-6H2,1H3. The summed E-state index contributed by atoms with van der Waals surface area (Å²) in [5, 5.41) is 8.29. The van der Waals surface area contributed by atoms with Crippen molar-refractivity contribution in [2.24, 2.45) is 5.92 Å². The molecule has 2 unspecified atom stereocenters. The van der Waals surface area contributed by atoms with E-state index in [-0.39, 0.29) is 0 Å². The van der Waals surface area contributed by atoms with Crippen LogP contribution in [0.3, 0.4) is 0 Å². The lowest BCUT2D eigenvalue weighted by Gasteiger charge is -2.14. The first-order valence-corrected chi connectivity index (χ1v) is 4.56. The third-order valence-electron chi connectivity index (χ3n) is 1.69. The molecule has 0 spiro atoms. The van der Waals surface area contributed by atoms with Gasteiger partial charge in [0.1, 0.15) is 5.56 Å². The molecule has 2 atom stereocenters. The van der Waals surface area contributed by atoms with Crippen LogP contribution in [0.4, 0.5) is 0 Å². The SMILES string of the molecule is C=CC(CCC)CC(Cl)O[B]O. The van der Waals surface area contributed by atoms with Crippen LogP contribution in [-0.4, -0.2) is 18.3 Å². The number of hydrogen-bond acceptors (Lipinski definition) is 2. The average molecular weight is 189 g/mol. The molecular formula is C8H15BClO2. The number of halogens is 1. The number of rotatable bonds is 7. The van der Waals surface area contributed by atoms with Gasteiger partial charge in [0.25, 0.3) is 0 Å². The van der Waals surface area contributed by atoms with Gasteiger partial charge in [-0.05, 0) is 18.8 Å².